The van der Waals surface area contributed by atoms with Gasteiger partial charge in [0.15, 0.2) is 0 Å². The molecule has 0 radical (unpaired) electrons. The van der Waals surface area contributed by atoms with Crippen molar-refractivity contribution in [2.45, 2.75) is 51.6 Å². The van der Waals surface area contributed by atoms with E-state index in [-0.39, 0.29) is 0 Å². The number of hydrogen-bond acceptors (Lipinski definition) is 2. The molecule has 0 amide bonds. The zero-order valence-corrected chi connectivity index (χ0v) is 11.4. The van der Waals surface area contributed by atoms with Gasteiger partial charge in [0.1, 0.15) is 5.60 Å². The van der Waals surface area contributed by atoms with Crippen LogP contribution in [0.1, 0.15) is 46.0 Å². The van der Waals surface area contributed by atoms with Crippen LogP contribution in [0.2, 0.25) is 0 Å². The minimum Gasteiger partial charge on any atom is -0.251 e. The van der Waals surface area contributed by atoms with Gasteiger partial charge in [0.2, 0.25) is 0 Å². The third-order valence-corrected chi connectivity index (χ3v) is 4.34. The Kier molecular flexibility index (Phi) is 4.41. The monoisotopic (exact) mass is 248 g/mol. The first-order valence-corrected chi connectivity index (χ1v) is 7.04. The summed E-state index contributed by atoms with van der Waals surface area (Å²) >= 11 is 0. The normalized spacial score (nSPS) is 36.9. The highest BCUT2D eigenvalue weighted by molar-refractivity contribution is 5.30. The zero-order chi connectivity index (χ0) is 13.0. The van der Waals surface area contributed by atoms with Crippen LogP contribution in [0.4, 0.5) is 0 Å². The van der Waals surface area contributed by atoms with E-state index < -0.39 is 5.60 Å². The Morgan fingerprint density at radius 2 is 2.28 bits per heavy atom. The van der Waals surface area contributed by atoms with Gasteiger partial charge in [-0.25, -0.2) is 4.89 Å². The Labute approximate surface area is 110 Å². The molecule has 3 atom stereocenters. The Morgan fingerprint density at radius 1 is 1.44 bits per heavy atom. The van der Waals surface area contributed by atoms with Gasteiger partial charge in [-0.2, -0.15) is 0 Å². The predicted octanol–water partition coefficient (Wildman–Crippen LogP) is 4.50. The van der Waals surface area contributed by atoms with E-state index in [1.165, 1.54) is 12.8 Å². The topological polar surface area (TPSA) is 29.5 Å². The lowest BCUT2D eigenvalue weighted by Gasteiger charge is -2.31. The van der Waals surface area contributed by atoms with E-state index in [4.69, 9.17) is 10.1 Å². The van der Waals surface area contributed by atoms with Crippen molar-refractivity contribution in [2.75, 3.05) is 0 Å². The first-order chi connectivity index (χ1) is 8.65. The highest BCUT2D eigenvalue weighted by Crippen LogP contribution is 2.34. The van der Waals surface area contributed by atoms with Gasteiger partial charge >= 0.3 is 0 Å². The SMILES string of the molecule is CC1C=CCCC1C=CC1=CCCCC1(C)OO. The van der Waals surface area contributed by atoms with Crippen LogP contribution in [-0.4, -0.2) is 10.9 Å². The maximum atomic E-state index is 9.12. The Bertz CT molecular complexity index is 367. The maximum Gasteiger partial charge on any atom is 0.125 e. The molecule has 0 spiro atoms. The van der Waals surface area contributed by atoms with Crippen LogP contribution >= 0.6 is 0 Å². The number of allylic oxidation sites excluding steroid dienone is 4. The van der Waals surface area contributed by atoms with Crippen LogP contribution in [0.5, 0.6) is 0 Å². The zero-order valence-electron chi connectivity index (χ0n) is 11.4. The van der Waals surface area contributed by atoms with Crippen molar-refractivity contribution >= 4 is 0 Å². The van der Waals surface area contributed by atoms with E-state index in [1.54, 1.807) is 0 Å². The quantitative estimate of drug-likeness (QED) is 0.452. The van der Waals surface area contributed by atoms with Crippen LogP contribution in [0.3, 0.4) is 0 Å². The van der Waals surface area contributed by atoms with Crippen LogP contribution in [0.25, 0.3) is 0 Å². The molecular formula is C16H24O2. The standard InChI is InChI=1S/C16H24O2/c1-13-7-3-4-8-14(13)10-11-15-9-5-6-12-16(15,2)18-17/h3,7,9-11,13-14,17H,4-6,8,12H2,1-2H3. The first kappa shape index (κ1) is 13.6. The van der Waals surface area contributed by atoms with E-state index in [0.29, 0.717) is 11.8 Å². The highest BCUT2D eigenvalue weighted by Gasteiger charge is 2.31. The van der Waals surface area contributed by atoms with Crippen LogP contribution < -0.4 is 0 Å². The Hall–Kier alpha value is -0.860. The molecule has 18 heavy (non-hydrogen) atoms. The van der Waals surface area contributed by atoms with Crippen LogP contribution in [-0.2, 0) is 4.89 Å². The molecule has 2 rings (SSSR count). The number of hydrogen-bond donors (Lipinski definition) is 1. The lowest BCUT2D eigenvalue weighted by atomic mass is 9.81. The summed E-state index contributed by atoms with van der Waals surface area (Å²) in [6, 6.07) is 0. The molecule has 0 aromatic heterocycles. The maximum absolute atomic E-state index is 9.12. The lowest BCUT2D eigenvalue weighted by molar-refractivity contribution is -0.307. The molecule has 2 nitrogen and oxygen atoms in total. The summed E-state index contributed by atoms with van der Waals surface area (Å²) in [5.74, 6) is 1.22. The van der Waals surface area contributed by atoms with E-state index in [0.717, 1.165) is 24.8 Å². The van der Waals surface area contributed by atoms with Crippen molar-refractivity contribution in [1.29, 1.82) is 0 Å². The number of rotatable bonds is 3. The van der Waals surface area contributed by atoms with E-state index in [9.17, 15) is 0 Å². The van der Waals surface area contributed by atoms with E-state index >= 15 is 0 Å². The predicted molar refractivity (Wildman–Crippen MR) is 74.2 cm³/mol. The van der Waals surface area contributed by atoms with Gasteiger partial charge < -0.3 is 0 Å². The van der Waals surface area contributed by atoms with Gasteiger partial charge in [0.25, 0.3) is 0 Å². The fraction of sp³-hybridized carbons (Fsp3) is 0.625. The smallest absolute Gasteiger partial charge is 0.125 e. The van der Waals surface area contributed by atoms with E-state index in [1.807, 2.05) is 6.92 Å². The average molecular weight is 248 g/mol. The van der Waals surface area contributed by atoms with Gasteiger partial charge in [-0.3, -0.25) is 5.26 Å². The molecule has 3 unspecified atom stereocenters. The molecule has 0 aromatic rings. The lowest BCUT2D eigenvalue weighted by Crippen LogP contribution is -2.31. The second-order valence-electron chi connectivity index (χ2n) is 5.76. The third kappa shape index (κ3) is 2.93. The van der Waals surface area contributed by atoms with Crippen molar-refractivity contribution in [1.82, 2.24) is 0 Å². The summed E-state index contributed by atoms with van der Waals surface area (Å²) in [6.07, 6.45) is 16.7. The highest BCUT2D eigenvalue weighted by atomic mass is 17.1. The van der Waals surface area contributed by atoms with Crippen molar-refractivity contribution in [3.63, 3.8) is 0 Å². The summed E-state index contributed by atoms with van der Waals surface area (Å²) in [7, 11) is 0. The molecule has 0 bridgehead atoms. The Balaban J connectivity index is 2.07. The summed E-state index contributed by atoms with van der Waals surface area (Å²) in [6.45, 7) is 4.23. The molecule has 0 aliphatic heterocycles. The minimum absolute atomic E-state index is 0.511. The molecule has 2 aliphatic rings. The molecule has 1 N–H and O–H groups in total. The summed E-state index contributed by atoms with van der Waals surface area (Å²) in [5.41, 5.74) is 0.612. The second-order valence-corrected chi connectivity index (χ2v) is 5.76. The van der Waals surface area contributed by atoms with Gasteiger partial charge in [0.05, 0.1) is 0 Å². The second kappa shape index (κ2) is 5.85. The fourth-order valence-electron chi connectivity index (χ4n) is 2.90. The van der Waals surface area contributed by atoms with Gasteiger partial charge in [-0.05, 0) is 56.4 Å². The summed E-state index contributed by atoms with van der Waals surface area (Å²) < 4.78 is 0. The molecule has 0 heterocycles. The summed E-state index contributed by atoms with van der Waals surface area (Å²) in [5, 5.41) is 9.12. The van der Waals surface area contributed by atoms with Gasteiger partial charge in [-0.15, -0.1) is 0 Å². The van der Waals surface area contributed by atoms with Gasteiger partial charge in [-0.1, -0.05) is 37.3 Å². The molecule has 0 aromatic carbocycles. The van der Waals surface area contributed by atoms with Crippen LogP contribution in [0, 0.1) is 11.8 Å². The molecule has 0 saturated carbocycles. The molecule has 0 fully saturated rings. The third-order valence-electron chi connectivity index (χ3n) is 4.34. The van der Waals surface area contributed by atoms with E-state index in [2.05, 4.69) is 37.3 Å². The molecular weight excluding hydrogens is 224 g/mol. The molecule has 2 aliphatic carbocycles. The van der Waals surface area contributed by atoms with Crippen molar-refractivity contribution in [3.05, 3.63) is 36.0 Å². The van der Waals surface area contributed by atoms with Crippen molar-refractivity contribution < 1.29 is 10.1 Å². The average Bonchev–Trinajstić information content (AvgIpc) is 2.39. The summed E-state index contributed by atoms with van der Waals surface area (Å²) in [4.78, 5) is 4.72. The molecule has 0 saturated heterocycles. The Morgan fingerprint density at radius 3 is 3.00 bits per heavy atom. The van der Waals surface area contributed by atoms with Crippen molar-refractivity contribution in [3.8, 4) is 0 Å². The van der Waals surface area contributed by atoms with Crippen molar-refractivity contribution in [2.24, 2.45) is 11.8 Å². The van der Waals surface area contributed by atoms with Gasteiger partial charge in [0, 0.05) is 0 Å². The largest absolute Gasteiger partial charge is 0.251 e. The minimum atomic E-state index is -0.511. The van der Waals surface area contributed by atoms with Crippen LogP contribution in [0.15, 0.2) is 36.0 Å². The molecule has 100 valence electrons. The fourth-order valence-corrected chi connectivity index (χ4v) is 2.90. The first-order valence-electron chi connectivity index (χ1n) is 7.04. The molecule has 2 heteroatoms.